The van der Waals surface area contributed by atoms with Gasteiger partial charge >= 0.3 is 12.0 Å². The molecular formula is C29H29N3O5S. The van der Waals surface area contributed by atoms with Crippen molar-refractivity contribution in [3.63, 3.8) is 0 Å². The number of nitrogens with one attached hydrogen (secondary N) is 1. The molecule has 1 fully saturated rings. The number of aromatic nitrogens is 1. The molecule has 0 radical (unpaired) electrons. The van der Waals surface area contributed by atoms with Gasteiger partial charge in [-0.05, 0) is 80.9 Å². The van der Waals surface area contributed by atoms with Crippen LogP contribution in [-0.4, -0.2) is 35.5 Å². The maximum atomic E-state index is 13.5. The number of urea groups is 1. The highest BCUT2D eigenvalue weighted by atomic mass is 32.1. The summed E-state index contributed by atoms with van der Waals surface area (Å²) in [5.41, 5.74) is 5.07. The highest BCUT2D eigenvalue weighted by molar-refractivity contribution is 7.15. The van der Waals surface area contributed by atoms with E-state index in [1.54, 1.807) is 23.5 Å². The van der Waals surface area contributed by atoms with Crippen LogP contribution in [0, 0.1) is 13.8 Å². The number of hydrogen-bond donors (Lipinski definition) is 1. The van der Waals surface area contributed by atoms with Crippen LogP contribution in [0.2, 0.25) is 0 Å². The Labute approximate surface area is 224 Å². The summed E-state index contributed by atoms with van der Waals surface area (Å²) in [6, 6.07) is 8.25. The zero-order chi connectivity index (χ0) is 27.1. The van der Waals surface area contributed by atoms with Gasteiger partial charge in [-0.1, -0.05) is 25.1 Å². The summed E-state index contributed by atoms with van der Waals surface area (Å²) in [5, 5.41) is 3.10. The van der Waals surface area contributed by atoms with Gasteiger partial charge in [-0.2, -0.15) is 0 Å². The predicted molar refractivity (Wildman–Crippen MR) is 146 cm³/mol. The predicted octanol–water partition coefficient (Wildman–Crippen LogP) is 5.05. The van der Waals surface area contributed by atoms with Gasteiger partial charge in [0.15, 0.2) is 0 Å². The Bertz CT molecular complexity index is 1530. The summed E-state index contributed by atoms with van der Waals surface area (Å²) >= 11 is 1.59. The third-order valence-corrected chi connectivity index (χ3v) is 8.51. The van der Waals surface area contributed by atoms with Crippen molar-refractivity contribution in [2.24, 2.45) is 0 Å². The topological polar surface area (TPSA) is 97.7 Å². The average molecular weight is 532 g/mol. The zero-order valence-electron chi connectivity index (χ0n) is 21.8. The second kappa shape index (κ2) is 10.1. The number of thiophene rings is 1. The Hall–Kier alpha value is -3.98. The van der Waals surface area contributed by atoms with Crippen molar-refractivity contribution in [2.75, 3.05) is 12.0 Å². The van der Waals surface area contributed by atoms with Crippen LogP contribution in [-0.2, 0) is 33.6 Å². The van der Waals surface area contributed by atoms with Crippen molar-refractivity contribution < 1.29 is 23.9 Å². The molecule has 1 aliphatic carbocycles. The fourth-order valence-electron chi connectivity index (χ4n) is 5.33. The average Bonchev–Trinajstić information content (AvgIpc) is 3.41. The van der Waals surface area contributed by atoms with Crippen LogP contribution >= 0.6 is 11.3 Å². The van der Waals surface area contributed by atoms with Gasteiger partial charge in [0.1, 0.15) is 10.6 Å². The van der Waals surface area contributed by atoms with Crippen molar-refractivity contribution in [1.29, 1.82) is 0 Å². The summed E-state index contributed by atoms with van der Waals surface area (Å²) in [7, 11) is 1.39. The molecule has 0 atom stereocenters. The van der Waals surface area contributed by atoms with E-state index in [0.717, 1.165) is 58.1 Å². The van der Waals surface area contributed by atoms with Gasteiger partial charge in [-0.25, -0.2) is 14.5 Å². The molecule has 196 valence electrons. The Balaban J connectivity index is 1.60. The summed E-state index contributed by atoms with van der Waals surface area (Å²) < 4.78 is 7.14. The summed E-state index contributed by atoms with van der Waals surface area (Å²) in [6.45, 7) is 5.75. The molecule has 1 saturated heterocycles. The molecule has 38 heavy (non-hydrogen) atoms. The maximum Gasteiger partial charge on any atom is 0.341 e. The van der Waals surface area contributed by atoms with Crippen LogP contribution in [0.15, 0.2) is 35.9 Å². The van der Waals surface area contributed by atoms with Crippen molar-refractivity contribution in [3.8, 4) is 5.00 Å². The van der Waals surface area contributed by atoms with E-state index in [-0.39, 0.29) is 11.5 Å². The highest BCUT2D eigenvalue weighted by Crippen LogP contribution is 2.39. The smallest absolute Gasteiger partial charge is 0.341 e. The molecular weight excluding hydrogens is 502 g/mol. The number of anilines is 1. The molecule has 3 aromatic rings. The number of fused-ring (bicyclic) bond motifs is 1. The third kappa shape index (κ3) is 4.16. The zero-order valence-corrected chi connectivity index (χ0v) is 22.7. The Morgan fingerprint density at radius 3 is 2.61 bits per heavy atom. The number of carbonyl (C=O) groups excluding carboxylic acids is 4. The first-order valence-electron chi connectivity index (χ1n) is 12.7. The summed E-state index contributed by atoms with van der Waals surface area (Å²) in [5.74, 6) is -1.78. The number of carbonyl (C=O) groups is 4. The third-order valence-electron chi connectivity index (χ3n) is 7.23. The van der Waals surface area contributed by atoms with E-state index >= 15 is 0 Å². The molecule has 0 unspecified atom stereocenters. The maximum absolute atomic E-state index is 13.5. The standard InChI is InChI=1S/C29H29N3O5S/c1-5-18-10-6-8-12-22(18)32-26(34)21(25(33)30-29(32)36)15-19-14-16(2)31(17(19)3)27-24(28(35)37-4)20-11-7-9-13-23(20)38-27/h6,8,10,12,14-15H,5,7,9,11,13H2,1-4H3,(H,30,33,36)/b21-15+. The number of methoxy groups -OCH3 is 1. The van der Waals surface area contributed by atoms with E-state index in [1.807, 2.05) is 43.5 Å². The minimum atomic E-state index is -0.768. The van der Waals surface area contributed by atoms with Gasteiger partial charge in [-0.15, -0.1) is 11.3 Å². The fraction of sp³-hybridized carbons (Fsp3) is 0.310. The van der Waals surface area contributed by atoms with Crippen molar-refractivity contribution in [2.45, 2.75) is 52.9 Å². The van der Waals surface area contributed by atoms with Crippen LogP contribution in [0.25, 0.3) is 11.1 Å². The monoisotopic (exact) mass is 531 g/mol. The number of nitrogens with zero attached hydrogens (tertiary/aromatic N) is 2. The van der Waals surface area contributed by atoms with Gasteiger partial charge in [0.05, 0.1) is 18.4 Å². The molecule has 5 rings (SSSR count). The van der Waals surface area contributed by atoms with E-state index in [2.05, 4.69) is 5.32 Å². The molecule has 9 heteroatoms. The lowest BCUT2D eigenvalue weighted by Crippen LogP contribution is -2.54. The van der Waals surface area contributed by atoms with Crippen LogP contribution in [0.3, 0.4) is 0 Å². The number of hydrogen-bond acceptors (Lipinski definition) is 6. The van der Waals surface area contributed by atoms with Gasteiger partial charge < -0.3 is 9.30 Å². The largest absolute Gasteiger partial charge is 0.465 e. The Morgan fingerprint density at radius 1 is 1.13 bits per heavy atom. The van der Waals surface area contributed by atoms with Gasteiger partial charge in [0.25, 0.3) is 11.8 Å². The first-order valence-corrected chi connectivity index (χ1v) is 13.5. The van der Waals surface area contributed by atoms with Gasteiger partial charge in [-0.3, -0.25) is 14.9 Å². The van der Waals surface area contributed by atoms with Crippen LogP contribution in [0.1, 0.15) is 63.1 Å². The molecule has 2 aliphatic rings. The molecule has 1 N–H and O–H groups in total. The minimum Gasteiger partial charge on any atom is -0.465 e. The number of esters is 1. The lowest BCUT2D eigenvalue weighted by Gasteiger charge is -2.27. The van der Waals surface area contributed by atoms with Crippen LogP contribution in [0.5, 0.6) is 0 Å². The minimum absolute atomic E-state index is 0.130. The molecule has 0 saturated carbocycles. The molecule has 4 amide bonds. The van der Waals surface area contributed by atoms with E-state index in [9.17, 15) is 19.2 Å². The highest BCUT2D eigenvalue weighted by Gasteiger charge is 2.38. The quantitative estimate of drug-likeness (QED) is 0.282. The SMILES string of the molecule is CCc1ccccc1N1C(=O)NC(=O)/C(=C\c2cc(C)n(-c3sc4c(c3C(=O)OC)CCCC4)c2C)C1=O. The normalized spacial score (nSPS) is 16.6. The van der Waals surface area contributed by atoms with E-state index in [4.69, 9.17) is 4.74 Å². The summed E-state index contributed by atoms with van der Waals surface area (Å²) in [6.07, 6.45) is 6.02. The molecule has 8 nitrogen and oxygen atoms in total. The number of barbiturate groups is 1. The van der Waals surface area contributed by atoms with Crippen molar-refractivity contribution in [1.82, 2.24) is 9.88 Å². The van der Waals surface area contributed by atoms with Crippen molar-refractivity contribution >= 4 is 46.9 Å². The fourth-order valence-corrected chi connectivity index (χ4v) is 6.82. The number of amides is 4. The number of rotatable bonds is 5. The number of para-hydroxylation sites is 1. The van der Waals surface area contributed by atoms with E-state index in [1.165, 1.54) is 18.1 Å². The Kier molecular flexibility index (Phi) is 6.79. The van der Waals surface area contributed by atoms with E-state index < -0.39 is 17.8 Å². The van der Waals surface area contributed by atoms with Gasteiger partial charge in [0, 0.05) is 16.3 Å². The lowest BCUT2D eigenvalue weighted by atomic mass is 9.95. The molecule has 3 heterocycles. The molecule has 0 bridgehead atoms. The molecule has 1 aliphatic heterocycles. The summed E-state index contributed by atoms with van der Waals surface area (Å²) in [4.78, 5) is 54.1. The van der Waals surface area contributed by atoms with E-state index in [0.29, 0.717) is 23.2 Å². The first-order chi connectivity index (χ1) is 18.3. The first kappa shape index (κ1) is 25.7. The Morgan fingerprint density at radius 2 is 1.87 bits per heavy atom. The molecule has 2 aromatic heterocycles. The van der Waals surface area contributed by atoms with Crippen molar-refractivity contribution in [3.05, 3.63) is 74.4 Å². The number of imide groups is 2. The second-order valence-corrected chi connectivity index (χ2v) is 10.6. The van der Waals surface area contributed by atoms with Crippen LogP contribution in [0.4, 0.5) is 10.5 Å². The molecule has 1 aromatic carbocycles. The van der Waals surface area contributed by atoms with Gasteiger partial charge in [0.2, 0.25) is 0 Å². The van der Waals surface area contributed by atoms with Crippen LogP contribution < -0.4 is 10.2 Å². The lowest BCUT2D eigenvalue weighted by molar-refractivity contribution is -0.122. The second-order valence-electron chi connectivity index (χ2n) is 9.48. The molecule has 0 spiro atoms. The number of benzene rings is 1. The number of ether oxygens (including phenoxy) is 1. The number of aryl methyl sites for hydroxylation is 3.